The molecule has 1 aliphatic heterocycles. The molecule has 20 heavy (non-hydrogen) atoms. The van der Waals surface area contributed by atoms with E-state index in [2.05, 4.69) is 12.2 Å². The summed E-state index contributed by atoms with van der Waals surface area (Å²) in [6, 6.07) is -1.16. The smallest absolute Gasteiger partial charge is 0.326 e. The minimum Gasteiger partial charge on any atom is -0.480 e. The Hall–Kier alpha value is -1.30. The molecule has 2 fully saturated rings. The maximum atomic E-state index is 12.3. The molecule has 3 N–H and O–H groups in total. The van der Waals surface area contributed by atoms with Gasteiger partial charge in [0.05, 0.1) is 6.10 Å². The molecule has 114 valence electrons. The number of aliphatic hydroxyl groups excluding tert-OH is 1. The van der Waals surface area contributed by atoms with Crippen LogP contribution < -0.4 is 5.32 Å². The molecule has 2 rings (SSSR count). The van der Waals surface area contributed by atoms with E-state index in [0.717, 1.165) is 19.3 Å². The third kappa shape index (κ3) is 3.42. The number of carboxylic acids is 1. The number of carbonyl (C=O) groups is 2. The number of hydrogen-bond donors (Lipinski definition) is 3. The molecule has 1 saturated heterocycles. The third-order valence-electron chi connectivity index (χ3n) is 4.50. The van der Waals surface area contributed by atoms with Gasteiger partial charge in [-0.3, -0.25) is 0 Å². The molecular formula is C14H24N2O4. The van der Waals surface area contributed by atoms with Gasteiger partial charge >= 0.3 is 12.0 Å². The van der Waals surface area contributed by atoms with E-state index in [1.165, 1.54) is 17.7 Å². The number of carbonyl (C=O) groups excluding carboxylic acids is 1. The molecule has 6 heteroatoms. The SMILES string of the molecule is CC1CCCCCC1NC(=O)N1C[C@H](O)C[C@H]1C(=O)O. The fourth-order valence-electron chi connectivity index (χ4n) is 3.22. The minimum atomic E-state index is -1.05. The Labute approximate surface area is 119 Å². The molecule has 0 aromatic rings. The molecule has 0 aromatic heterocycles. The normalized spacial score (nSPS) is 34.6. The van der Waals surface area contributed by atoms with Crippen molar-refractivity contribution < 1.29 is 19.8 Å². The van der Waals surface area contributed by atoms with Gasteiger partial charge in [0.25, 0.3) is 0 Å². The van der Waals surface area contributed by atoms with Gasteiger partial charge in [0, 0.05) is 19.0 Å². The largest absolute Gasteiger partial charge is 0.480 e. The highest BCUT2D eigenvalue weighted by Crippen LogP contribution is 2.24. The summed E-state index contributed by atoms with van der Waals surface area (Å²) in [7, 11) is 0. The molecule has 0 bridgehead atoms. The van der Waals surface area contributed by atoms with Crippen LogP contribution in [-0.2, 0) is 4.79 Å². The maximum absolute atomic E-state index is 12.3. The average molecular weight is 284 g/mol. The third-order valence-corrected chi connectivity index (χ3v) is 4.50. The van der Waals surface area contributed by atoms with E-state index in [4.69, 9.17) is 5.11 Å². The van der Waals surface area contributed by atoms with Gasteiger partial charge in [-0.15, -0.1) is 0 Å². The summed E-state index contributed by atoms with van der Waals surface area (Å²) in [6.07, 6.45) is 4.89. The Bertz CT molecular complexity index is 374. The van der Waals surface area contributed by atoms with Crippen LogP contribution in [0.3, 0.4) is 0 Å². The first kappa shape index (κ1) is 15.1. The Morgan fingerprint density at radius 1 is 1.20 bits per heavy atom. The maximum Gasteiger partial charge on any atom is 0.326 e. The topological polar surface area (TPSA) is 89.9 Å². The molecule has 0 aromatic carbocycles. The van der Waals surface area contributed by atoms with Gasteiger partial charge in [-0.05, 0) is 18.8 Å². The van der Waals surface area contributed by atoms with Crippen molar-refractivity contribution in [1.29, 1.82) is 0 Å². The summed E-state index contributed by atoms with van der Waals surface area (Å²) < 4.78 is 0. The van der Waals surface area contributed by atoms with Crippen molar-refractivity contribution >= 4 is 12.0 Å². The Morgan fingerprint density at radius 3 is 2.60 bits per heavy atom. The molecule has 1 saturated carbocycles. The van der Waals surface area contributed by atoms with Crippen molar-refractivity contribution in [2.24, 2.45) is 5.92 Å². The summed E-state index contributed by atoms with van der Waals surface area (Å²) in [6.45, 7) is 2.23. The van der Waals surface area contributed by atoms with Crippen LogP contribution in [0.25, 0.3) is 0 Å². The molecular weight excluding hydrogens is 260 g/mol. The van der Waals surface area contributed by atoms with E-state index in [-0.39, 0.29) is 25.0 Å². The van der Waals surface area contributed by atoms with Crippen LogP contribution in [0.1, 0.15) is 45.4 Å². The highest BCUT2D eigenvalue weighted by atomic mass is 16.4. The number of β-amino-alcohol motifs (C(OH)–C–C–N with tert-alkyl or cyclic N) is 1. The van der Waals surface area contributed by atoms with Crippen molar-refractivity contribution in [3.8, 4) is 0 Å². The van der Waals surface area contributed by atoms with Crippen LogP contribution in [0.2, 0.25) is 0 Å². The lowest BCUT2D eigenvalue weighted by molar-refractivity contribution is -0.141. The number of amides is 2. The summed E-state index contributed by atoms with van der Waals surface area (Å²) in [5.74, 6) is -0.636. The Morgan fingerprint density at radius 2 is 1.90 bits per heavy atom. The lowest BCUT2D eigenvalue weighted by Crippen LogP contribution is -2.50. The molecule has 2 amide bonds. The second-order valence-corrected chi connectivity index (χ2v) is 6.07. The van der Waals surface area contributed by atoms with Crippen LogP contribution in [0, 0.1) is 5.92 Å². The summed E-state index contributed by atoms with van der Waals surface area (Å²) in [4.78, 5) is 24.7. The van der Waals surface area contributed by atoms with Gasteiger partial charge in [-0.1, -0.05) is 26.2 Å². The number of hydrogen-bond acceptors (Lipinski definition) is 3. The van der Waals surface area contributed by atoms with Crippen molar-refractivity contribution in [3.63, 3.8) is 0 Å². The number of rotatable bonds is 2. The van der Waals surface area contributed by atoms with Gasteiger partial charge in [-0.25, -0.2) is 9.59 Å². The lowest BCUT2D eigenvalue weighted by atomic mass is 9.97. The quantitative estimate of drug-likeness (QED) is 0.664. The molecule has 2 unspecified atom stereocenters. The predicted molar refractivity (Wildman–Crippen MR) is 73.3 cm³/mol. The van der Waals surface area contributed by atoms with Gasteiger partial charge in [0.1, 0.15) is 6.04 Å². The zero-order chi connectivity index (χ0) is 14.7. The second kappa shape index (κ2) is 6.43. The lowest BCUT2D eigenvalue weighted by Gasteiger charge is -2.28. The summed E-state index contributed by atoms with van der Waals surface area (Å²) >= 11 is 0. The van der Waals surface area contributed by atoms with Crippen molar-refractivity contribution in [2.45, 2.75) is 63.6 Å². The average Bonchev–Trinajstić information content (AvgIpc) is 2.68. The van der Waals surface area contributed by atoms with E-state index >= 15 is 0 Å². The van der Waals surface area contributed by atoms with E-state index < -0.39 is 18.1 Å². The molecule has 1 aliphatic carbocycles. The van der Waals surface area contributed by atoms with Crippen LogP contribution >= 0.6 is 0 Å². The monoisotopic (exact) mass is 284 g/mol. The van der Waals surface area contributed by atoms with Crippen LogP contribution in [0.5, 0.6) is 0 Å². The highest BCUT2D eigenvalue weighted by molar-refractivity contribution is 5.83. The number of carboxylic acid groups (broad SMARTS) is 1. The number of aliphatic hydroxyl groups is 1. The van der Waals surface area contributed by atoms with Crippen molar-refractivity contribution in [2.75, 3.05) is 6.54 Å². The van der Waals surface area contributed by atoms with Gasteiger partial charge in [0.15, 0.2) is 0 Å². The van der Waals surface area contributed by atoms with E-state index in [9.17, 15) is 14.7 Å². The molecule has 4 atom stereocenters. The summed E-state index contributed by atoms with van der Waals surface area (Å²) in [5, 5.41) is 21.7. The van der Waals surface area contributed by atoms with Crippen LogP contribution in [-0.4, -0.2) is 51.8 Å². The fourth-order valence-corrected chi connectivity index (χ4v) is 3.22. The zero-order valence-electron chi connectivity index (χ0n) is 11.9. The summed E-state index contributed by atoms with van der Waals surface area (Å²) in [5.41, 5.74) is 0. The minimum absolute atomic E-state index is 0.101. The predicted octanol–water partition coefficient (Wildman–Crippen LogP) is 1.18. The molecule has 1 heterocycles. The number of aliphatic carboxylic acids is 1. The second-order valence-electron chi connectivity index (χ2n) is 6.07. The zero-order valence-corrected chi connectivity index (χ0v) is 11.9. The first-order valence-corrected chi connectivity index (χ1v) is 7.47. The van der Waals surface area contributed by atoms with E-state index in [0.29, 0.717) is 5.92 Å². The molecule has 0 radical (unpaired) electrons. The Kier molecular flexibility index (Phi) is 4.86. The van der Waals surface area contributed by atoms with Crippen LogP contribution in [0.15, 0.2) is 0 Å². The number of urea groups is 1. The van der Waals surface area contributed by atoms with E-state index in [1.54, 1.807) is 0 Å². The standard InChI is InChI=1S/C14H24N2O4/c1-9-5-3-2-4-6-11(9)15-14(20)16-8-10(17)7-12(16)13(18)19/h9-12,17H,2-8H2,1H3,(H,15,20)(H,18,19)/t9?,10-,11?,12+/m1/s1. The first-order valence-electron chi connectivity index (χ1n) is 7.47. The van der Waals surface area contributed by atoms with Gasteiger partial charge < -0.3 is 20.4 Å². The van der Waals surface area contributed by atoms with Crippen molar-refractivity contribution in [1.82, 2.24) is 10.2 Å². The Balaban J connectivity index is 1.97. The molecule has 0 spiro atoms. The van der Waals surface area contributed by atoms with Crippen LogP contribution in [0.4, 0.5) is 4.79 Å². The molecule has 2 aliphatic rings. The highest BCUT2D eigenvalue weighted by Gasteiger charge is 2.39. The van der Waals surface area contributed by atoms with Gasteiger partial charge in [0.2, 0.25) is 0 Å². The number of nitrogens with one attached hydrogen (secondary N) is 1. The van der Waals surface area contributed by atoms with Crippen molar-refractivity contribution in [3.05, 3.63) is 0 Å². The molecule has 6 nitrogen and oxygen atoms in total. The van der Waals surface area contributed by atoms with E-state index in [1.807, 2.05) is 0 Å². The van der Waals surface area contributed by atoms with Gasteiger partial charge in [-0.2, -0.15) is 0 Å². The fraction of sp³-hybridized carbons (Fsp3) is 0.857. The number of nitrogens with zero attached hydrogens (tertiary/aromatic N) is 1. The number of likely N-dealkylation sites (tertiary alicyclic amines) is 1. The first-order chi connectivity index (χ1) is 9.49.